The first-order chi connectivity index (χ1) is 16.5. The molecule has 0 aliphatic heterocycles. The third-order valence-corrected chi connectivity index (χ3v) is 6.57. The topological polar surface area (TPSA) is 109 Å². The van der Waals surface area contributed by atoms with E-state index in [-0.39, 0.29) is 6.04 Å². The van der Waals surface area contributed by atoms with Gasteiger partial charge in [-0.3, -0.25) is 4.79 Å². The van der Waals surface area contributed by atoms with E-state index in [9.17, 15) is 4.79 Å². The van der Waals surface area contributed by atoms with Gasteiger partial charge in [-0.25, -0.2) is 5.43 Å². The average molecular weight is 491 g/mol. The molecule has 8 nitrogen and oxygen atoms in total. The van der Waals surface area contributed by atoms with E-state index in [1.165, 1.54) is 12.8 Å². The predicted molar refractivity (Wildman–Crippen MR) is 135 cm³/mol. The number of nitrogens with zero attached hydrogens (tertiary/aromatic N) is 1. The van der Waals surface area contributed by atoms with Crippen molar-refractivity contribution in [1.82, 2.24) is 15.9 Å². The Morgan fingerprint density at radius 1 is 1.21 bits per heavy atom. The number of ether oxygens (including phenoxy) is 1. The molecule has 4 N–H and O–H groups in total. The number of benzene rings is 1. The summed E-state index contributed by atoms with van der Waals surface area (Å²) < 4.78 is 11.2. The number of nitrogens with one attached hydrogen (secondary N) is 3. The van der Waals surface area contributed by atoms with Crippen molar-refractivity contribution in [3.8, 4) is 5.75 Å². The Hall–Kier alpha value is -2.23. The van der Waals surface area contributed by atoms with Gasteiger partial charge in [0.1, 0.15) is 12.4 Å². The van der Waals surface area contributed by atoms with Gasteiger partial charge in [0.15, 0.2) is 5.76 Å². The van der Waals surface area contributed by atoms with Crippen LogP contribution in [0.15, 0.2) is 33.7 Å². The fourth-order valence-electron chi connectivity index (χ4n) is 3.98. The van der Waals surface area contributed by atoms with Crippen molar-refractivity contribution in [3.05, 3.63) is 35.7 Å². The monoisotopic (exact) mass is 490 g/mol. The number of aromatic nitrogens is 1. The van der Waals surface area contributed by atoms with E-state index in [1.807, 2.05) is 45.0 Å². The highest BCUT2D eigenvalue weighted by Gasteiger charge is 2.26. The fraction of sp³-hybridized carbons (Fsp3) is 0.600. The molecular weight excluding hydrogens is 452 g/mol. The van der Waals surface area contributed by atoms with Crippen molar-refractivity contribution in [2.45, 2.75) is 82.2 Å². The van der Waals surface area contributed by atoms with Gasteiger partial charge in [-0.2, -0.15) is 0 Å². The summed E-state index contributed by atoms with van der Waals surface area (Å²) in [4.78, 5) is 12.2. The molecule has 34 heavy (non-hydrogen) atoms. The van der Waals surface area contributed by atoms with Gasteiger partial charge in [0, 0.05) is 22.9 Å². The second kappa shape index (κ2) is 13.0. The van der Waals surface area contributed by atoms with Crippen LogP contribution in [0.25, 0.3) is 0 Å². The van der Waals surface area contributed by atoms with Gasteiger partial charge in [-0.1, -0.05) is 19.0 Å². The van der Waals surface area contributed by atoms with Crippen molar-refractivity contribution < 1.29 is 19.2 Å². The second-order valence-corrected chi connectivity index (χ2v) is 9.33. The van der Waals surface area contributed by atoms with E-state index in [1.54, 1.807) is 0 Å². The number of aliphatic hydroxyl groups is 1. The zero-order valence-electron chi connectivity index (χ0n) is 20.3. The zero-order chi connectivity index (χ0) is 24.5. The summed E-state index contributed by atoms with van der Waals surface area (Å²) in [6.45, 7) is 6.07. The van der Waals surface area contributed by atoms with Crippen LogP contribution in [0.5, 0.6) is 5.75 Å². The van der Waals surface area contributed by atoms with E-state index in [4.69, 9.17) is 14.4 Å². The Labute approximate surface area is 207 Å². The van der Waals surface area contributed by atoms with Gasteiger partial charge in [0.25, 0.3) is 0 Å². The summed E-state index contributed by atoms with van der Waals surface area (Å²) in [6.07, 6.45) is 6.59. The molecule has 1 heterocycles. The minimum Gasteiger partial charge on any atom is -0.493 e. The summed E-state index contributed by atoms with van der Waals surface area (Å²) in [7, 11) is 0. The van der Waals surface area contributed by atoms with Crippen molar-refractivity contribution in [2.24, 2.45) is 5.92 Å². The quantitative estimate of drug-likeness (QED) is 0.245. The highest BCUT2D eigenvalue weighted by Crippen LogP contribution is 2.34. The molecule has 4 rings (SSSR count). The zero-order valence-corrected chi connectivity index (χ0v) is 21.2. The molecule has 2 aromatic rings. The van der Waals surface area contributed by atoms with E-state index >= 15 is 0 Å². The Kier molecular flexibility index (Phi) is 10.1. The molecule has 2 aliphatic rings. The van der Waals surface area contributed by atoms with Crippen LogP contribution in [0.3, 0.4) is 0 Å². The van der Waals surface area contributed by atoms with E-state index in [2.05, 4.69) is 34.0 Å². The third-order valence-electron chi connectivity index (χ3n) is 6.20. The molecule has 1 aromatic carbocycles. The van der Waals surface area contributed by atoms with Crippen LogP contribution in [-0.4, -0.2) is 35.4 Å². The van der Waals surface area contributed by atoms with Gasteiger partial charge >= 0.3 is 0 Å². The van der Waals surface area contributed by atoms with Crippen LogP contribution in [0, 0.1) is 5.92 Å². The number of hydrogen-bond donors (Lipinski definition) is 5. The van der Waals surface area contributed by atoms with Gasteiger partial charge in [0.05, 0.1) is 24.0 Å². The van der Waals surface area contributed by atoms with Crippen LogP contribution in [0.2, 0.25) is 0 Å². The predicted octanol–water partition coefficient (Wildman–Crippen LogP) is 4.59. The largest absolute Gasteiger partial charge is 0.493 e. The van der Waals surface area contributed by atoms with Gasteiger partial charge in [0.2, 0.25) is 5.91 Å². The van der Waals surface area contributed by atoms with E-state index in [0.29, 0.717) is 17.7 Å². The molecule has 0 bridgehead atoms. The standard InChI is InChI=1S/C23H32N4O4S.C2H6/c1-14(24-23(29)12-28)21-11-20(27-31-21)16-4-6-17(7-5-16)25-26-19-9-8-18(10-22(19)32)30-13-15-2-3-15;1-2/h8-11,14-17,25-26,28,32H,2-7,12-13H2,1H3,(H,24,29);1-2H3. The van der Waals surface area contributed by atoms with E-state index in [0.717, 1.165) is 60.2 Å². The Morgan fingerprint density at radius 3 is 2.59 bits per heavy atom. The molecule has 0 radical (unpaired) electrons. The van der Waals surface area contributed by atoms with Crippen molar-refractivity contribution in [2.75, 3.05) is 18.6 Å². The number of hydrazine groups is 1. The number of anilines is 1. The average Bonchev–Trinajstić information content (AvgIpc) is 3.56. The number of carbonyl (C=O) groups excluding carboxylic acids is 1. The Balaban J connectivity index is 0.00000158. The molecular formula is C25H38N4O4S. The van der Waals surface area contributed by atoms with Crippen molar-refractivity contribution >= 4 is 24.2 Å². The van der Waals surface area contributed by atoms with Crippen molar-refractivity contribution in [3.63, 3.8) is 0 Å². The maximum Gasteiger partial charge on any atom is 0.246 e. The molecule has 1 atom stereocenters. The van der Waals surface area contributed by atoms with Crippen molar-refractivity contribution in [1.29, 1.82) is 0 Å². The molecule has 1 amide bonds. The second-order valence-electron chi connectivity index (χ2n) is 8.85. The smallest absolute Gasteiger partial charge is 0.246 e. The normalized spacial score (nSPS) is 20.6. The fourth-order valence-corrected chi connectivity index (χ4v) is 4.24. The van der Waals surface area contributed by atoms with Gasteiger partial charge in [-0.05, 0) is 69.6 Å². The first kappa shape index (κ1) is 26.4. The first-order valence-corrected chi connectivity index (χ1v) is 12.8. The molecule has 2 saturated carbocycles. The molecule has 1 aromatic heterocycles. The SMILES string of the molecule is CC.CC(NC(=O)CO)c1cc(C2CCC(NNc3ccc(OCC4CC4)cc3S)CC2)no1. The Morgan fingerprint density at radius 2 is 1.94 bits per heavy atom. The first-order valence-electron chi connectivity index (χ1n) is 12.4. The van der Waals surface area contributed by atoms with Crippen LogP contribution in [0.4, 0.5) is 5.69 Å². The van der Waals surface area contributed by atoms with E-state index < -0.39 is 12.5 Å². The lowest BCUT2D eigenvalue weighted by atomic mass is 9.84. The lowest BCUT2D eigenvalue weighted by Crippen LogP contribution is -2.36. The molecule has 2 fully saturated rings. The molecule has 1 unspecified atom stereocenters. The minimum absolute atomic E-state index is 0.320. The number of thiol groups is 1. The highest BCUT2D eigenvalue weighted by atomic mass is 32.1. The van der Waals surface area contributed by atoms with Crippen LogP contribution in [0.1, 0.15) is 82.7 Å². The molecule has 2 aliphatic carbocycles. The highest BCUT2D eigenvalue weighted by molar-refractivity contribution is 7.80. The maximum atomic E-state index is 11.4. The molecule has 0 spiro atoms. The molecule has 9 heteroatoms. The molecule has 188 valence electrons. The maximum absolute atomic E-state index is 11.4. The summed E-state index contributed by atoms with van der Waals surface area (Å²) >= 11 is 4.59. The number of hydrogen-bond acceptors (Lipinski definition) is 8. The lowest BCUT2D eigenvalue weighted by Gasteiger charge is -2.28. The van der Waals surface area contributed by atoms with Crippen LogP contribution < -0.4 is 20.9 Å². The summed E-state index contributed by atoms with van der Waals surface area (Å²) in [5.74, 6) is 2.11. The number of amides is 1. The van der Waals surface area contributed by atoms with Crippen LogP contribution in [-0.2, 0) is 4.79 Å². The summed E-state index contributed by atoms with van der Waals surface area (Å²) in [6, 6.07) is 7.89. The third kappa shape index (κ3) is 7.65. The molecule has 0 saturated heterocycles. The number of carbonyl (C=O) groups is 1. The lowest BCUT2D eigenvalue weighted by molar-refractivity contribution is -0.124. The minimum atomic E-state index is -0.538. The van der Waals surface area contributed by atoms with Crippen LogP contribution >= 0.6 is 12.6 Å². The number of rotatable bonds is 10. The summed E-state index contributed by atoms with van der Waals surface area (Å²) in [5.41, 5.74) is 8.60. The van der Waals surface area contributed by atoms with Gasteiger partial charge < -0.3 is 25.1 Å². The van der Waals surface area contributed by atoms with Gasteiger partial charge in [-0.15, -0.1) is 12.6 Å². The Bertz CT molecular complexity index is 910. The number of aliphatic hydroxyl groups excluding tert-OH is 1. The summed E-state index contributed by atoms with van der Waals surface area (Å²) in [5, 5.41) is 15.8.